The Morgan fingerprint density at radius 1 is 1.26 bits per heavy atom. The van der Waals surface area contributed by atoms with Gasteiger partial charge in [-0.15, -0.1) is 11.3 Å². The van der Waals surface area contributed by atoms with Crippen LogP contribution in [0.5, 0.6) is 0 Å². The van der Waals surface area contributed by atoms with Gasteiger partial charge in [-0.25, -0.2) is 14.6 Å². The number of fused-ring (bicyclic) bond motifs is 1. The lowest BCUT2D eigenvalue weighted by Crippen LogP contribution is -2.22. The molecule has 124 valence electrons. The molecule has 0 fully saturated rings. The van der Waals surface area contributed by atoms with E-state index in [0.717, 1.165) is 36.1 Å². The van der Waals surface area contributed by atoms with Crippen LogP contribution in [0, 0.1) is 19.8 Å². The van der Waals surface area contributed by atoms with Gasteiger partial charge in [0.1, 0.15) is 12.2 Å². The summed E-state index contributed by atoms with van der Waals surface area (Å²) in [6, 6.07) is 0. The maximum atomic E-state index is 4.66. The van der Waals surface area contributed by atoms with Gasteiger partial charge in [0.05, 0.1) is 17.9 Å². The molecular formula is C16H24N6S. The first kappa shape index (κ1) is 16.1. The fourth-order valence-electron chi connectivity index (χ4n) is 2.76. The van der Waals surface area contributed by atoms with Gasteiger partial charge in [-0.3, -0.25) is 9.30 Å². The molecule has 0 aromatic carbocycles. The Morgan fingerprint density at radius 2 is 2.04 bits per heavy atom. The van der Waals surface area contributed by atoms with Crippen LogP contribution in [0.3, 0.4) is 0 Å². The highest BCUT2D eigenvalue weighted by Gasteiger charge is 2.15. The molecule has 7 heteroatoms. The van der Waals surface area contributed by atoms with Crippen molar-refractivity contribution in [2.24, 2.45) is 5.92 Å². The quantitative estimate of drug-likeness (QED) is 0.696. The van der Waals surface area contributed by atoms with E-state index in [4.69, 9.17) is 0 Å². The van der Waals surface area contributed by atoms with E-state index in [1.807, 2.05) is 4.68 Å². The summed E-state index contributed by atoms with van der Waals surface area (Å²) in [5.41, 5.74) is 2.36. The van der Waals surface area contributed by atoms with Crippen molar-refractivity contribution in [2.45, 2.75) is 47.3 Å². The lowest BCUT2D eigenvalue weighted by atomic mass is 10.2. The molecule has 0 saturated carbocycles. The van der Waals surface area contributed by atoms with Crippen molar-refractivity contribution in [3.63, 3.8) is 0 Å². The van der Waals surface area contributed by atoms with E-state index >= 15 is 0 Å². The molecule has 3 aromatic rings. The number of nitrogens with zero attached hydrogens (tertiary/aromatic N) is 6. The second-order valence-electron chi connectivity index (χ2n) is 6.56. The standard InChI is InChI=1S/C16H24N6S/c1-11(2)6-22-15(17-10-18-22)9-20(5)8-14-13(4)19-16-21(14)7-12(3)23-16/h7,10-11H,6,8-9H2,1-5H3. The van der Waals surface area contributed by atoms with Crippen molar-refractivity contribution < 1.29 is 0 Å². The van der Waals surface area contributed by atoms with Crippen LogP contribution < -0.4 is 0 Å². The summed E-state index contributed by atoms with van der Waals surface area (Å²) in [6.45, 7) is 11.1. The minimum absolute atomic E-state index is 0.561. The summed E-state index contributed by atoms with van der Waals surface area (Å²) in [7, 11) is 2.12. The van der Waals surface area contributed by atoms with Gasteiger partial charge in [0.25, 0.3) is 0 Å². The van der Waals surface area contributed by atoms with E-state index in [0.29, 0.717) is 5.92 Å². The molecule has 23 heavy (non-hydrogen) atoms. The summed E-state index contributed by atoms with van der Waals surface area (Å²) in [5.74, 6) is 1.58. The second kappa shape index (κ2) is 6.41. The topological polar surface area (TPSA) is 51.2 Å². The van der Waals surface area contributed by atoms with Crippen molar-refractivity contribution >= 4 is 16.3 Å². The number of hydrogen-bond donors (Lipinski definition) is 0. The van der Waals surface area contributed by atoms with E-state index in [-0.39, 0.29) is 0 Å². The SMILES string of the molecule is Cc1cn2c(CN(C)Cc3ncnn3CC(C)C)c(C)nc2s1. The van der Waals surface area contributed by atoms with Gasteiger partial charge in [-0.2, -0.15) is 5.10 Å². The molecule has 0 aliphatic carbocycles. The lowest BCUT2D eigenvalue weighted by Gasteiger charge is -2.17. The Bertz CT molecular complexity index is 797. The minimum atomic E-state index is 0.561. The largest absolute Gasteiger partial charge is 0.293 e. The molecule has 0 spiro atoms. The van der Waals surface area contributed by atoms with Gasteiger partial charge >= 0.3 is 0 Å². The molecule has 3 aromatic heterocycles. The summed E-state index contributed by atoms with van der Waals surface area (Å²) in [5, 5.41) is 4.34. The molecule has 0 unspecified atom stereocenters. The number of aromatic nitrogens is 5. The van der Waals surface area contributed by atoms with E-state index in [9.17, 15) is 0 Å². The predicted molar refractivity (Wildman–Crippen MR) is 92.6 cm³/mol. The first-order valence-electron chi connectivity index (χ1n) is 7.93. The molecule has 0 radical (unpaired) electrons. The third-order valence-electron chi connectivity index (χ3n) is 3.81. The Kier molecular flexibility index (Phi) is 4.50. The summed E-state index contributed by atoms with van der Waals surface area (Å²) >= 11 is 1.74. The molecule has 0 atom stereocenters. The van der Waals surface area contributed by atoms with Crippen molar-refractivity contribution in [1.82, 2.24) is 29.0 Å². The van der Waals surface area contributed by atoms with Crippen LogP contribution >= 0.6 is 11.3 Å². The zero-order valence-corrected chi connectivity index (χ0v) is 15.3. The Hall–Kier alpha value is -1.73. The van der Waals surface area contributed by atoms with Gasteiger partial charge in [0.2, 0.25) is 0 Å². The van der Waals surface area contributed by atoms with Crippen LogP contribution in [-0.4, -0.2) is 36.1 Å². The fraction of sp³-hybridized carbons (Fsp3) is 0.562. The highest BCUT2D eigenvalue weighted by Crippen LogP contribution is 2.21. The van der Waals surface area contributed by atoms with E-state index < -0.39 is 0 Å². The van der Waals surface area contributed by atoms with E-state index in [1.165, 1.54) is 10.6 Å². The summed E-state index contributed by atoms with van der Waals surface area (Å²) in [6.07, 6.45) is 3.82. The summed E-state index contributed by atoms with van der Waals surface area (Å²) in [4.78, 5) is 13.7. The van der Waals surface area contributed by atoms with Crippen molar-refractivity contribution in [3.8, 4) is 0 Å². The first-order chi connectivity index (χ1) is 10.9. The molecule has 0 aliphatic heterocycles. The zero-order chi connectivity index (χ0) is 16.6. The van der Waals surface area contributed by atoms with Crippen molar-refractivity contribution in [1.29, 1.82) is 0 Å². The van der Waals surface area contributed by atoms with Crippen LogP contribution in [0.1, 0.15) is 35.9 Å². The number of thiazole rings is 1. The number of hydrogen-bond acceptors (Lipinski definition) is 5. The van der Waals surface area contributed by atoms with Crippen molar-refractivity contribution in [2.75, 3.05) is 7.05 Å². The smallest absolute Gasteiger partial charge is 0.194 e. The van der Waals surface area contributed by atoms with Gasteiger partial charge in [0, 0.05) is 24.2 Å². The molecule has 0 amide bonds. The average molecular weight is 332 g/mol. The van der Waals surface area contributed by atoms with Gasteiger partial charge < -0.3 is 0 Å². The number of rotatable bonds is 6. The Morgan fingerprint density at radius 3 is 2.78 bits per heavy atom. The maximum absolute atomic E-state index is 4.66. The number of imidazole rings is 1. The van der Waals surface area contributed by atoms with Crippen LogP contribution in [0.15, 0.2) is 12.5 Å². The monoisotopic (exact) mass is 332 g/mol. The van der Waals surface area contributed by atoms with Crippen molar-refractivity contribution in [3.05, 3.63) is 34.6 Å². The maximum Gasteiger partial charge on any atom is 0.194 e. The molecular weight excluding hydrogens is 308 g/mol. The highest BCUT2D eigenvalue weighted by atomic mass is 32.1. The first-order valence-corrected chi connectivity index (χ1v) is 8.75. The molecule has 0 bridgehead atoms. The molecule has 0 saturated heterocycles. The molecule has 3 rings (SSSR count). The molecule has 0 aliphatic rings. The van der Waals surface area contributed by atoms with E-state index in [2.05, 4.69) is 65.3 Å². The Balaban J connectivity index is 1.75. The third kappa shape index (κ3) is 3.45. The average Bonchev–Trinajstić information content (AvgIpc) is 3.08. The fourth-order valence-corrected chi connectivity index (χ4v) is 3.65. The Labute approximate surface area is 140 Å². The van der Waals surface area contributed by atoms with Crippen LogP contribution in [-0.2, 0) is 19.6 Å². The van der Waals surface area contributed by atoms with E-state index in [1.54, 1.807) is 17.7 Å². The van der Waals surface area contributed by atoms with Gasteiger partial charge in [-0.1, -0.05) is 13.8 Å². The predicted octanol–water partition coefficient (Wildman–Crippen LogP) is 2.89. The molecule has 3 heterocycles. The highest BCUT2D eigenvalue weighted by molar-refractivity contribution is 7.17. The van der Waals surface area contributed by atoms with Crippen LogP contribution in [0.2, 0.25) is 0 Å². The molecule has 6 nitrogen and oxygen atoms in total. The van der Waals surface area contributed by atoms with Gasteiger partial charge in [-0.05, 0) is 26.8 Å². The normalized spacial score (nSPS) is 12.1. The summed E-state index contributed by atoms with van der Waals surface area (Å²) < 4.78 is 4.22. The zero-order valence-electron chi connectivity index (χ0n) is 14.4. The molecule has 0 N–H and O–H groups in total. The second-order valence-corrected chi connectivity index (χ2v) is 7.78. The van der Waals surface area contributed by atoms with Crippen LogP contribution in [0.4, 0.5) is 0 Å². The van der Waals surface area contributed by atoms with Crippen LogP contribution in [0.25, 0.3) is 4.96 Å². The van der Waals surface area contributed by atoms with Gasteiger partial charge in [0.15, 0.2) is 4.96 Å². The number of aryl methyl sites for hydroxylation is 2. The lowest BCUT2D eigenvalue weighted by molar-refractivity contribution is 0.294. The minimum Gasteiger partial charge on any atom is -0.293 e. The third-order valence-corrected chi connectivity index (χ3v) is 4.70.